The third-order valence-corrected chi connectivity index (χ3v) is 12.3. The summed E-state index contributed by atoms with van der Waals surface area (Å²) >= 11 is 0. The first-order valence-electron chi connectivity index (χ1n) is 10.7. The fourth-order valence-corrected chi connectivity index (χ4v) is 6.61. The molecule has 1 N–H and O–H groups in total. The summed E-state index contributed by atoms with van der Waals surface area (Å²) in [5.74, 6) is 1.06. The van der Waals surface area contributed by atoms with Gasteiger partial charge in [-0.3, -0.25) is 4.79 Å². The van der Waals surface area contributed by atoms with Gasteiger partial charge in [-0.05, 0) is 81.5 Å². The van der Waals surface area contributed by atoms with Gasteiger partial charge in [-0.1, -0.05) is 38.0 Å². The Labute approximate surface area is 166 Å². The molecule has 2 unspecified atom stereocenters. The number of hydrogen-bond acceptors (Lipinski definition) is 3. The Morgan fingerprint density at radius 3 is 2.48 bits per heavy atom. The van der Waals surface area contributed by atoms with Gasteiger partial charge in [0, 0.05) is 6.10 Å². The van der Waals surface area contributed by atoms with E-state index in [1.165, 1.54) is 17.6 Å². The van der Waals surface area contributed by atoms with Gasteiger partial charge in [0.05, 0.1) is 12.0 Å². The van der Waals surface area contributed by atoms with Crippen LogP contribution in [0.3, 0.4) is 0 Å². The smallest absolute Gasteiger partial charge is 0.192 e. The highest BCUT2D eigenvalue weighted by molar-refractivity contribution is 6.74. The summed E-state index contributed by atoms with van der Waals surface area (Å²) in [6.45, 7) is 15.6. The van der Waals surface area contributed by atoms with Gasteiger partial charge in [0.2, 0.25) is 0 Å². The van der Waals surface area contributed by atoms with Gasteiger partial charge in [0.25, 0.3) is 0 Å². The average molecular weight is 391 g/mol. The molecule has 0 bridgehead atoms. The normalized spacial score (nSPS) is 37.6. The molecule has 152 valence electrons. The van der Waals surface area contributed by atoms with Crippen LogP contribution >= 0.6 is 0 Å². The van der Waals surface area contributed by atoms with Gasteiger partial charge >= 0.3 is 0 Å². The van der Waals surface area contributed by atoms with Crippen LogP contribution in [0.15, 0.2) is 23.3 Å². The van der Waals surface area contributed by atoms with Crippen molar-refractivity contribution in [3.8, 4) is 0 Å². The van der Waals surface area contributed by atoms with Crippen LogP contribution in [0, 0.1) is 23.7 Å². The van der Waals surface area contributed by atoms with E-state index in [9.17, 15) is 9.90 Å². The molecule has 0 aromatic rings. The third-order valence-electron chi connectivity index (χ3n) is 7.84. The third kappa shape index (κ3) is 3.90. The second-order valence-corrected chi connectivity index (χ2v) is 15.4. The number of carbonyl (C=O) groups is 1. The molecule has 0 aliphatic heterocycles. The molecule has 3 aliphatic rings. The first-order valence-corrected chi connectivity index (χ1v) is 13.6. The van der Waals surface area contributed by atoms with Crippen LogP contribution in [0.1, 0.15) is 60.3 Å². The number of fused-ring (bicyclic) bond motifs is 2. The van der Waals surface area contributed by atoms with Crippen LogP contribution in [0.5, 0.6) is 0 Å². The highest BCUT2D eigenvalue weighted by atomic mass is 28.4. The molecule has 1 saturated carbocycles. The molecule has 27 heavy (non-hydrogen) atoms. The number of ketones is 1. The monoisotopic (exact) mass is 390 g/mol. The lowest BCUT2D eigenvalue weighted by Gasteiger charge is -2.41. The zero-order chi connectivity index (χ0) is 20.1. The van der Waals surface area contributed by atoms with Gasteiger partial charge in [0.15, 0.2) is 14.1 Å². The Balaban J connectivity index is 1.88. The van der Waals surface area contributed by atoms with Crippen LogP contribution in [0.2, 0.25) is 18.1 Å². The van der Waals surface area contributed by atoms with Crippen molar-refractivity contribution in [1.29, 1.82) is 0 Å². The first-order chi connectivity index (χ1) is 12.4. The second-order valence-electron chi connectivity index (χ2n) is 10.6. The lowest BCUT2D eigenvalue weighted by Crippen LogP contribution is -2.45. The van der Waals surface area contributed by atoms with Crippen molar-refractivity contribution in [2.75, 3.05) is 0 Å². The summed E-state index contributed by atoms with van der Waals surface area (Å²) in [6, 6.07) is 0. The maximum Gasteiger partial charge on any atom is 0.192 e. The first kappa shape index (κ1) is 21.0. The number of hydrogen-bond donors (Lipinski definition) is 1. The summed E-state index contributed by atoms with van der Waals surface area (Å²) < 4.78 is 6.88. The summed E-state index contributed by atoms with van der Waals surface area (Å²) in [4.78, 5) is 12.5. The van der Waals surface area contributed by atoms with Gasteiger partial charge in [-0.15, -0.1) is 0 Å². The molecular formula is C23H38O3Si. The van der Waals surface area contributed by atoms with Crippen molar-refractivity contribution in [2.45, 2.75) is 90.6 Å². The van der Waals surface area contributed by atoms with Gasteiger partial charge in [-0.25, -0.2) is 0 Å². The number of rotatable bonds is 3. The van der Waals surface area contributed by atoms with E-state index in [0.29, 0.717) is 17.9 Å². The Morgan fingerprint density at radius 1 is 1.22 bits per heavy atom. The highest BCUT2D eigenvalue weighted by Gasteiger charge is 2.47. The average Bonchev–Trinajstić information content (AvgIpc) is 3.03. The molecular weight excluding hydrogens is 352 g/mol. The summed E-state index contributed by atoms with van der Waals surface area (Å²) in [5, 5.41) is 10.4. The van der Waals surface area contributed by atoms with Crippen molar-refractivity contribution >= 4 is 14.1 Å². The lowest BCUT2D eigenvalue weighted by atomic mass is 9.75. The molecule has 3 aliphatic carbocycles. The van der Waals surface area contributed by atoms with Crippen LogP contribution in [-0.2, 0) is 9.22 Å². The zero-order valence-electron chi connectivity index (χ0n) is 18.2. The Bertz CT molecular complexity index is 653. The molecule has 0 heterocycles. The molecule has 3 rings (SSSR count). The van der Waals surface area contributed by atoms with E-state index in [2.05, 4.69) is 46.9 Å². The minimum absolute atomic E-state index is 0.120. The summed E-state index contributed by atoms with van der Waals surface area (Å²) in [6.07, 6.45) is 8.07. The van der Waals surface area contributed by atoms with Crippen molar-refractivity contribution < 1.29 is 14.3 Å². The number of allylic oxidation sites excluding steroid dienone is 4. The van der Waals surface area contributed by atoms with E-state index in [4.69, 9.17) is 4.43 Å². The SMILES string of the molecule is C/C1=C/C[C@@H]2C(=CC(=O)C2C(C)O)C[C@@H]2[C@@H](O[Si](C)(C)C(C)(C)C)CC[C@H]12. The molecule has 0 aromatic heterocycles. The molecule has 1 fully saturated rings. The molecule has 0 saturated heterocycles. The summed E-state index contributed by atoms with van der Waals surface area (Å²) in [7, 11) is -1.82. The number of carbonyl (C=O) groups excluding carboxylic acids is 1. The molecule has 3 nitrogen and oxygen atoms in total. The highest BCUT2D eigenvalue weighted by Crippen LogP contribution is 2.50. The minimum Gasteiger partial charge on any atom is -0.414 e. The van der Waals surface area contributed by atoms with Crippen molar-refractivity contribution in [2.24, 2.45) is 23.7 Å². The lowest BCUT2D eigenvalue weighted by molar-refractivity contribution is -0.121. The van der Waals surface area contributed by atoms with E-state index in [0.717, 1.165) is 19.3 Å². The molecule has 0 aromatic carbocycles. The van der Waals surface area contributed by atoms with Crippen LogP contribution < -0.4 is 0 Å². The van der Waals surface area contributed by atoms with Crippen molar-refractivity contribution in [1.82, 2.24) is 0 Å². The topological polar surface area (TPSA) is 46.5 Å². The quantitative estimate of drug-likeness (QED) is 0.528. The van der Waals surface area contributed by atoms with Crippen LogP contribution in [0.4, 0.5) is 0 Å². The number of aliphatic hydroxyl groups is 1. The van der Waals surface area contributed by atoms with Gasteiger partial charge in [0.1, 0.15) is 0 Å². The zero-order valence-corrected chi connectivity index (χ0v) is 19.2. The predicted molar refractivity (Wildman–Crippen MR) is 113 cm³/mol. The summed E-state index contributed by atoms with van der Waals surface area (Å²) in [5.41, 5.74) is 2.72. The largest absolute Gasteiger partial charge is 0.414 e. The van der Waals surface area contributed by atoms with Crippen molar-refractivity contribution in [3.05, 3.63) is 23.3 Å². The van der Waals surface area contributed by atoms with Gasteiger partial charge in [-0.2, -0.15) is 0 Å². The maximum atomic E-state index is 12.5. The fraction of sp³-hybridized carbons (Fsp3) is 0.783. The van der Waals surface area contributed by atoms with Crippen LogP contribution in [-0.4, -0.2) is 31.4 Å². The maximum absolute atomic E-state index is 12.5. The predicted octanol–water partition coefficient (Wildman–Crippen LogP) is 5.27. The van der Waals surface area contributed by atoms with Crippen molar-refractivity contribution in [3.63, 3.8) is 0 Å². The Morgan fingerprint density at radius 2 is 1.89 bits per heavy atom. The van der Waals surface area contributed by atoms with Gasteiger partial charge < -0.3 is 9.53 Å². The molecule has 0 spiro atoms. The van der Waals surface area contributed by atoms with E-state index < -0.39 is 14.4 Å². The van der Waals surface area contributed by atoms with E-state index in [-0.39, 0.29) is 22.7 Å². The Kier molecular flexibility index (Phi) is 5.66. The van der Waals surface area contributed by atoms with E-state index in [1.54, 1.807) is 6.92 Å². The molecule has 0 amide bonds. The molecule has 4 heteroatoms. The standard InChI is InChI=1S/C23H38O3Si/c1-14-8-9-18-16(13-20(25)22(18)15(2)24)12-19-17(14)10-11-21(19)26-27(6,7)23(3,4)5/h8,13,15,17-19,21-22,24H,9-12H2,1-7H3/b14-8-/t15?,17-,18-,19+,21+,22?/m1/s1. The molecule has 0 radical (unpaired) electrons. The minimum atomic E-state index is -1.82. The number of aliphatic hydroxyl groups excluding tert-OH is 1. The Hall–Kier alpha value is -0.713. The van der Waals surface area contributed by atoms with Crippen LogP contribution in [0.25, 0.3) is 0 Å². The second kappa shape index (κ2) is 7.27. The fourth-order valence-electron chi connectivity index (χ4n) is 5.21. The molecule has 6 atom stereocenters. The van der Waals surface area contributed by atoms with E-state index >= 15 is 0 Å². The van der Waals surface area contributed by atoms with E-state index in [1.807, 2.05) is 6.08 Å².